The Kier molecular flexibility index (Phi) is 7.41. The van der Waals surface area contributed by atoms with Crippen LogP contribution in [0.2, 0.25) is 0 Å². The van der Waals surface area contributed by atoms with E-state index in [2.05, 4.69) is 5.32 Å². The third-order valence-corrected chi connectivity index (χ3v) is 4.78. The van der Waals surface area contributed by atoms with Crippen molar-refractivity contribution in [3.05, 3.63) is 29.8 Å². The molecule has 0 aliphatic heterocycles. The van der Waals surface area contributed by atoms with E-state index in [0.29, 0.717) is 24.4 Å². The molecule has 2 N–H and O–H groups in total. The monoisotopic (exact) mass is 363 g/mol. The lowest BCUT2D eigenvalue weighted by Crippen LogP contribution is -2.53. The molecule has 144 valence electrons. The maximum Gasteiger partial charge on any atom is 0.317 e. The summed E-state index contributed by atoms with van der Waals surface area (Å²) in [4.78, 5) is 26.1. The van der Waals surface area contributed by atoms with Crippen LogP contribution in [0.5, 0.6) is 5.75 Å². The van der Waals surface area contributed by atoms with Crippen LogP contribution in [0.1, 0.15) is 25.3 Å². The summed E-state index contributed by atoms with van der Waals surface area (Å²) in [7, 11) is 3.41. The van der Waals surface area contributed by atoms with Crippen LogP contribution in [0.4, 0.5) is 0 Å². The normalized spacial score (nSPS) is 19.1. The van der Waals surface area contributed by atoms with E-state index in [0.717, 1.165) is 24.9 Å². The molecule has 1 aromatic rings. The van der Waals surface area contributed by atoms with Crippen molar-refractivity contribution in [2.75, 3.05) is 33.8 Å². The standard InChI is InChI=1S/C19H29N3O4/c1-4-22(12-19(24)25)16-9-15(10-16)20-11-14-7-5-6-8-17(14)26-13-18(23)21(2)3/h5-8,15-16,20H,4,9-13H2,1-3H3,(H,24,25). The quantitative estimate of drug-likeness (QED) is 0.650. The summed E-state index contributed by atoms with van der Waals surface area (Å²) in [5.41, 5.74) is 1.01. The van der Waals surface area contributed by atoms with Gasteiger partial charge in [0.2, 0.25) is 0 Å². The molecule has 1 aromatic carbocycles. The molecular formula is C19H29N3O4. The summed E-state index contributed by atoms with van der Waals surface area (Å²) in [6.45, 7) is 3.53. The Morgan fingerprint density at radius 3 is 2.58 bits per heavy atom. The number of nitrogens with one attached hydrogen (secondary N) is 1. The third-order valence-electron chi connectivity index (χ3n) is 4.78. The third kappa shape index (κ3) is 5.71. The van der Waals surface area contributed by atoms with Crippen molar-refractivity contribution in [1.82, 2.24) is 15.1 Å². The van der Waals surface area contributed by atoms with Gasteiger partial charge in [-0.3, -0.25) is 14.5 Å². The number of nitrogens with zero attached hydrogens (tertiary/aromatic N) is 2. The van der Waals surface area contributed by atoms with Crippen molar-refractivity contribution < 1.29 is 19.4 Å². The molecule has 7 heteroatoms. The number of para-hydroxylation sites is 1. The number of amides is 1. The van der Waals surface area contributed by atoms with Crippen LogP contribution in [0, 0.1) is 0 Å². The lowest BCUT2D eigenvalue weighted by molar-refractivity contribution is -0.139. The summed E-state index contributed by atoms with van der Waals surface area (Å²) < 4.78 is 5.66. The lowest BCUT2D eigenvalue weighted by Gasteiger charge is -2.42. The Hall–Kier alpha value is -2.12. The topological polar surface area (TPSA) is 82.1 Å². The van der Waals surface area contributed by atoms with Crippen molar-refractivity contribution >= 4 is 11.9 Å². The Bertz CT molecular complexity index is 615. The molecule has 2 rings (SSSR count). The predicted octanol–water partition coefficient (Wildman–Crippen LogP) is 1.18. The minimum Gasteiger partial charge on any atom is -0.483 e. The van der Waals surface area contributed by atoms with Gasteiger partial charge in [-0.05, 0) is 25.5 Å². The number of rotatable bonds is 10. The van der Waals surface area contributed by atoms with Gasteiger partial charge in [-0.2, -0.15) is 0 Å². The molecule has 0 saturated heterocycles. The number of aliphatic carboxylic acids is 1. The van der Waals surface area contributed by atoms with Crippen molar-refractivity contribution in [3.8, 4) is 5.75 Å². The molecule has 0 bridgehead atoms. The fourth-order valence-electron chi connectivity index (χ4n) is 3.04. The average molecular weight is 363 g/mol. The lowest BCUT2D eigenvalue weighted by atomic mass is 9.85. The highest BCUT2D eigenvalue weighted by atomic mass is 16.5. The minimum absolute atomic E-state index is 0.0240. The second-order valence-corrected chi connectivity index (χ2v) is 6.84. The van der Waals surface area contributed by atoms with E-state index in [1.54, 1.807) is 14.1 Å². The maximum absolute atomic E-state index is 11.7. The molecule has 1 fully saturated rings. The van der Waals surface area contributed by atoms with Crippen LogP contribution < -0.4 is 10.1 Å². The molecule has 0 heterocycles. The zero-order chi connectivity index (χ0) is 19.1. The number of carboxylic acid groups (broad SMARTS) is 1. The van der Waals surface area contributed by atoms with Gasteiger partial charge in [0.05, 0.1) is 6.54 Å². The number of carboxylic acids is 1. The largest absolute Gasteiger partial charge is 0.483 e. The smallest absolute Gasteiger partial charge is 0.317 e. The van der Waals surface area contributed by atoms with E-state index in [1.807, 2.05) is 36.1 Å². The highest BCUT2D eigenvalue weighted by Gasteiger charge is 2.33. The molecule has 0 unspecified atom stereocenters. The van der Waals surface area contributed by atoms with E-state index in [1.165, 1.54) is 4.90 Å². The summed E-state index contributed by atoms with van der Waals surface area (Å²) in [6.07, 6.45) is 1.90. The first-order chi connectivity index (χ1) is 12.4. The molecule has 26 heavy (non-hydrogen) atoms. The van der Waals surface area contributed by atoms with Crippen LogP contribution in [-0.4, -0.2) is 72.7 Å². The highest BCUT2D eigenvalue weighted by Crippen LogP contribution is 2.26. The number of ether oxygens (including phenoxy) is 1. The fraction of sp³-hybridized carbons (Fsp3) is 0.579. The Balaban J connectivity index is 1.80. The Morgan fingerprint density at radius 2 is 1.96 bits per heavy atom. The molecule has 0 radical (unpaired) electrons. The zero-order valence-electron chi connectivity index (χ0n) is 15.8. The zero-order valence-corrected chi connectivity index (χ0v) is 15.8. The first-order valence-corrected chi connectivity index (χ1v) is 9.00. The summed E-state index contributed by atoms with van der Waals surface area (Å²) in [5, 5.41) is 12.5. The SMILES string of the molecule is CCN(CC(=O)O)C1CC(NCc2ccccc2OCC(=O)N(C)C)C1. The van der Waals surface area contributed by atoms with Gasteiger partial charge in [-0.1, -0.05) is 25.1 Å². The molecule has 0 aromatic heterocycles. The van der Waals surface area contributed by atoms with Crippen LogP contribution in [-0.2, 0) is 16.1 Å². The number of carbonyl (C=O) groups excluding carboxylic acids is 1. The van der Waals surface area contributed by atoms with Crippen LogP contribution in [0.3, 0.4) is 0 Å². The van der Waals surface area contributed by atoms with Crippen molar-refractivity contribution in [2.24, 2.45) is 0 Å². The van der Waals surface area contributed by atoms with Crippen molar-refractivity contribution in [1.29, 1.82) is 0 Å². The molecule has 1 amide bonds. The molecule has 1 saturated carbocycles. The first kappa shape index (κ1) is 20.2. The van der Waals surface area contributed by atoms with Gasteiger partial charge in [-0.15, -0.1) is 0 Å². The maximum atomic E-state index is 11.7. The molecule has 0 spiro atoms. The van der Waals surface area contributed by atoms with Gasteiger partial charge in [0, 0.05) is 38.3 Å². The van der Waals surface area contributed by atoms with Crippen LogP contribution in [0.25, 0.3) is 0 Å². The van der Waals surface area contributed by atoms with Gasteiger partial charge < -0.3 is 20.1 Å². The van der Waals surface area contributed by atoms with E-state index >= 15 is 0 Å². The number of hydrogen-bond acceptors (Lipinski definition) is 5. The van der Waals surface area contributed by atoms with E-state index in [-0.39, 0.29) is 19.1 Å². The number of likely N-dealkylation sites (N-methyl/N-ethyl adjacent to an activating group) is 2. The number of hydrogen-bond donors (Lipinski definition) is 2. The van der Waals surface area contributed by atoms with Gasteiger partial charge >= 0.3 is 5.97 Å². The summed E-state index contributed by atoms with van der Waals surface area (Å²) >= 11 is 0. The minimum atomic E-state index is -0.776. The van der Waals surface area contributed by atoms with Gasteiger partial charge in [-0.25, -0.2) is 0 Å². The Labute approximate surface area is 154 Å². The van der Waals surface area contributed by atoms with E-state index in [4.69, 9.17) is 9.84 Å². The van der Waals surface area contributed by atoms with Gasteiger partial charge in [0.25, 0.3) is 5.91 Å². The summed E-state index contributed by atoms with van der Waals surface area (Å²) in [5.74, 6) is -0.138. The summed E-state index contributed by atoms with van der Waals surface area (Å²) in [6, 6.07) is 8.41. The van der Waals surface area contributed by atoms with Crippen LogP contribution in [0.15, 0.2) is 24.3 Å². The molecule has 1 aliphatic carbocycles. The molecule has 0 atom stereocenters. The molecular weight excluding hydrogens is 334 g/mol. The van der Waals surface area contributed by atoms with Crippen LogP contribution >= 0.6 is 0 Å². The highest BCUT2D eigenvalue weighted by molar-refractivity contribution is 5.77. The second-order valence-electron chi connectivity index (χ2n) is 6.84. The Morgan fingerprint density at radius 1 is 1.27 bits per heavy atom. The van der Waals surface area contributed by atoms with E-state index < -0.39 is 5.97 Å². The van der Waals surface area contributed by atoms with Crippen molar-refractivity contribution in [3.63, 3.8) is 0 Å². The predicted molar refractivity (Wildman–Crippen MR) is 99.2 cm³/mol. The average Bonchev–Trinajstić information content (AvgIpc) is 2.57. The van der Waals surface area contributed by atoms with Gasteiger partial charge in [0.1, 0.15) is 5.75 Å². The fourth-order valence-corrected chi connectivity index (χ4v) is 3.04. The number of carbonyl (C=O) groups is 2. The molecule has 1 aliphatic rings. The van der Waals surface area contributed by atoms with Gasteiger partial charge in [0.15, 0.2) is 6.61 Å². The van der Waals surface area contributed by atoms with E-state index in [9.17, 15) is 9.59 Å². The van der Waals surface area contributed by atoms with Crippen molar-refractivity contribution in [2.45, 2.75) is 38.4 Å². The first-order valence-electron chi connectivity index (χ1n) is 9.00. The molecule has 7 nitrogen and oxygen atoms in total. The second kappa shape index (κ2) is 9.54. The number of benzene rings is 1.